The molecular formula is C27H38N2O2. The molecular weight excluding hydrogens is 384 g/mol. The topological polar surface area (TPSA) is 58.2 Å². The van der Waals surface area contributed by atoms with E-state index >= 15 is 0 Å². The summed E-state index contributed by atoms with van der Waals surface area (Å²) in [4.78, 5) is 24.6. The lowest BCUT2D eigenvalue weighted by atomic mass is 10.1. The highest BCUT2D eigenvalue weighted by molar-refractivity contribution is 6.05. The second kappa shape index (κ2) is 15.2. The molecule has 0 aliphatic heterocycles. The molecule has 2 N–H and O–H groups in total. The Bertz CT molecular complexity index is 774. The highest BCUT2D eigenvalue weighted by Crippen LogP contribution is 2.15. The molecule has 0 aliphatic rings. The van der Waals surface area contributed by atoms with Crippen molar-refractivity contribution < 1.29 is 9.59 Å². The number of nitrogens with one attached hydrogen (secondary N) is 2. The van der Waals surface area contributed by atoms with Crippen LogP contribution >= 0.6 is 0 Å². The van der Waals surface area contributed by atoms with Gasteiger partial charge in [0.2, 0.25) is 5.91 Å². The molecule has 2 amide bonds. The predicted molar refractivity (Wildman–Crippen MR) is 131 cm³/mol. The molecule has 0 saturated heterocycles. The van der Waals surface area contributed by atoms with Crippen LogP contribution in [-0.4, -0.2) is 11.8 Å². The van der Waals surface area contributed by atoms with Crippen LogP contribution in [-0.2, 0) is 4.79 Å². The maximum atomic E-state index is 12.4. The molecule has 0 aromatic heterocycles. The number of benzene rings is 2. The monoisotopic (exact) mass is 422 g/mol. The van der Waals surface area contributed by atoms with E-state index in [1.807, 2.05) is 36.4 Å². The van der Waals surface area contributed by atoms with Crippen molar-refractivity contribution in [3.8, 4) is 0 Å². The van der Waals surface area contributed by atoms with Crippen LogP contribution < -0.4 is 10.6 Å². The maximum absolute atomic E-state index is 12.4. The van der Waals surface area contributed by atoms with Crippen LogP contribution in [0.1, 0.15) is 94.3 Å². The predicted octanol–water partition coefficient (Wildman–Crippen LogP) is 7.58. The number of carbonyl (C=O) groups excluding carboxylic acids is 2. The van der Waals surface area contributed by atoms with Gasteiger partial charge in [-0.3, -0.25) is 9.59 Å². The van der Waals surface area contributed by atoms with Crippen molar-refractivity contribution in [3.63, 3.8) is 0 Å². The maximum Gasteiger partial charge on any atom is 0.255 e. The zero-order chi connectivity index (χ0) is 22.2. The Morgan fingerprint density at radius 1 is 0.645 bits per heavy atom. The average Bonchev–Trinajstić information content (AvgIpc) is 2.78. The van der Waals surface area contributed by atoms with Gasteiger partial charge in [0.1, 0.15) is 0 Å². The lowest BCUT2D eigenvalue weighted by Gasteiger charge is -2.08. The molecule has 0 aliphatic carbocycles. The van der Waals surface area contributed by atoms with E-state index in [2.05, 4.69) is 17.6 Å². The van der Waals surface area contributed by atoms with E-state index in [-0.39, 0.29) is 11.8 Å². The van der Waals surface area contributed by atoms with Crippen molar-refractivity contribution in [3.05, 3.63) is 60.2 Å². The Morgan fingerprint density at radius 2 is 1.23 bits per heavy atom. The van der Waals surface area contributed by atoms with Gasteiger partial charge in [0.15, 0.2) is 0 Å². The molecule has 2 rings (SSSR count). The lowest BCUT2D eigenvalue weighted by Crippen LogP contribution is -2.14. The highest BCUT2D eigenvalue weighted by atomic mass is 16.2. The first-order chi connectivity index (χ1) is 15.2. The Hall–Kier alpha value is -2.62. The summed E-state index contributed by atoms with van der Waals surface area (Å²) in [5, 5.41) is 5.78. The third-order valence-electron chi connectivity index (χ3n) is 5.45. The summed E-state index contributed by atoms with van der Waals surface area (Å²) in [6.45, 7) is 2.25. The molecule has 0 unspecified atom stereocenters. The molecule has 0 saturated carbocycles. The molecule has 168 valence electrons. The normalized spacial score (nSPS) is 10.6. The molecule has 4 nitrogen and oxygen atoms in total. The Morgan fingerprint density at radius 3 is 1.87 bits per heavy atom. The molecule has 31 heavy (non-hydrogen) atoms. The third kappa shape index (κ3) is 10.8. The lowest BCUT2D eigenvalue weighted by molar-refractivity contribution is -0.116. The molecule has 0 heterocycles. The summed E-state index contributed by atoms with van der Waals surface area (Å²) >= 11 is 0. The molecule has 0 fully saturated rings. The van der Waals surface area contributed by atoms with Crippen LogP contribution in [0.3, 0.4) is 0 Å². The molecule has 0 radical (unpaired) electrons. The van der Waals surface area contributed by atoms with Gasteiger partial charge in [-0.05, 0) is 36.8 Å². The zero-order valence-electron chi connectivity index (χ0n) is 19.0. The fourth-order valence-electron chi connectivity index (χ4n) is 3.64. The van der Waals surface area contributed by atoms with Gasteiger partial charge in [0.25, 0.3) is 5.91 Å². The van der Waals surface area contributed by atoms with Gasteiger partial charge in [-0.2, -0.15) is 0 Å². The second-order valence-electron chi connectivity index (χ2n) is 8.23. The minimum absolute atomic E-state index is 0.0107. The quantitative estimate of drug-likeness (QED) is 0.291. The molecule has 2 aromatic rings. The first-order valence-corrected chi connectivity index (χ1v) is 12.0. The fourth-order valence-corrected chi connectivity index (χ4v) is 3.64. The number of unbranched alkanes of at least 4 members (excludes halogenated alkanes) is 10. The number of anilines is 2. The van der Waals surface area contributed by atoms with Crippen LogP contribution in [0.15, 0.2) is 54.6 Å². The van der Waals surface area contributed by atoms with E-state index < -0.39 is 0 Å². The number of hydrogen-bond donors (Lipinski definition) is 2. The molecule has 0 bridgehead atoms. The summed E-state index contributed by atoms with van der Waals surface area (Å²) in [5.41, 5.74) is 1.93. The van der Waals surface area contributed by atoms with Crippen molar-refractivity contribution in [2.45, 2.75) is 84.0 Å². The number of amides is 2. The van der Waals surface area contributed by atoms with Crippen molar-refractivity contribution in [1.29, 1.82) is 0 Å². The zero-order valence-corrected chi connectivity index (χ0v) is 19.0. The average molecular weight is 423 g/mol. The Balaban J connectivity index is 1.60. The summed E-state index contributed by atoms with van der Waals surface area (Å²) in [6.07, 6.45) is 14.5. The number of carbonyl (C=O) groups is 2. The van der Waals surface area contributed by atoms with Crippen molar-refractivity contribution in [2.75, 3.05) is 10.6 Å². The van der Waals surface area contributed by atoms with E-state index in [0.29, 0.717) is 17.7 Å². The molecule has 0 spiro atoms. The van der Waals surface area contributed by atoms with Crippen LogP contribution in [0.25, 0.3) is 0 Å². The Kier molecular flexibility index (Phi) is 12.1. The van der Waals surface area contributed by atoms with Crippen LogP contribution in [0, 0.1) is 0 Å². The van der Waals surface area contributed by atoms with E-state index in [1.165, 1.54) is 57.8 Å². The summed E-state index contributed by atoms with van der Waals surface area (Å²) < 4.78 is 0. The highest BCUT2D eigenvalue weighted by Gasteiger charge is 2.08. The van der Waals surface area contributed by atoms with E-state index in [1.54, 1.807) is 18.2 Å². The summed E-state index contributed by atoms with van der Waals surface area (Å²) in [6, 6.07) is 16.4. The largest absolute Gasteiger partial charge is 0.326 e. The van der Waals surface area contributed by atoms with E-state index in [9.17, 15) is 9.59 Å². The van der Waals surface area contributed by atoms with Gasteiger partial charge < -0.3 is 10.6 Å². The summed E-state index contributed by atoms with van der Waals surface area (Å²) in [5.74, 6) is -0.177. The number of hydrogen-bond acceptors (Lipinski definition) is 2. The van der Waals surface area contributed by atoms with Crippen molar-refractivity contribution >= 4 is 23.2 Å². The summed E-state index contributed by atoms with van der Waals surface area (Å²) in [7, 11) is 0. The van der Waals surface area contributed by atoms with Gasteiger partial charge in [0, 0.05) is 23.4 Å². The third-order valence-corrected chi connectivity index (χ3v) is 5.45. The van der Waals surface area contributed by atoms with Crippen molar-refractivity contribution in [1.82, 2.24) is 0 Å². The van der Waals surface area contributed by atoms with Gasteiger partial charge >= 0.3 is 0 Å². The Labute approximate surface area is 187 Å². The number of para-hydroxylation sites is 1. The molecule has 0 atom stereocenters. The minimum Gasteiger partial charge on any atom is -0.326 e. The standard InChI is InChI=1S/C27H38N2O2/c1-2-3-4-5-6-7-8-9-10-11-15-21-26(30)28-25-20-16-17-23(22-25)27(31)29-24-18-13-12-14-19-24/h12-14,16-20,22H,2-11,15,21H2,1H3,(H,28,30)(H,29,31). The SMILES string of the molecule is CCCCCCCCCCCCCC(=O)Nc1cccc(C(=O)Nc2ccccc2)c1. The second-order valence-corrected chi connectivity index (χ2v) is 8.23. The van der Waals surface area contributed by atoms with Gasteiger partial charge in [-0.1, -0.05) is 95.4 Å². The minimum atomic E-state index is -0.187. The smallest absolute Gasteiger partial charge is 0.255 e. The number of rotatable bonds is 15. The van der Waals surface area contributed by atoms with Crippen LogP contribution in [0.5, 0.6) is 0 Å². The first-order valence-electron chi connectivity index (χ1n) is 12.0. The van der Waals surface area contributed by atoms with Gasteiger partial charge in [0.05, 0.1) is 0 Å². The van der Waals surface area contributed by atoms with Crippen molar-refractivity contribution in [2.24, 2.45) is 0 Å². The van der Waals surface area contributed by atoms with E-state index in [0.717, 1.165) is 18.5 Å². The van der Waals surface area contributed by atoms with Crippen LogP contribution in [0.4, 0.5) is 11.4 Å². The van der Waals surface area contributed by atoms with Gasteiger partial charge in [-0.25, -0.2) is 0 Å². The fraction of sp³-hybridized carbons (Fsp3) is 0.481. The first kappa shape index (κ1) is 24.6. The van der Waals surface area contributed by atoms with E-state index in [4.69, 9.17) is 0 Å². The van der Waals surface area contributed by atoms with Gasteiger partial charge in [-0.15, -0.1) is 0 Å². The molecule has 2 aromatic carbocycles. The van der Waals surface area contributed by atoms with Crippen LogP contribution in [0.2, 0.25) is 0 Å². The molecule has 4 heteroatoms.